The summed E-state index contributed by atoms with van der Waals surface area (Å²) in [5.41, 5.74) is 2.73. The Bertz CT molecular complexity index is 764. The summed E-state index contributed by atoms with van der Waals surface area (Å²) in [6.45, 7) is 5.56. The van der Waals surface area contributed by atoms with Crippen molar-refractivity contribution in [3.8, 4) is 0 Å². The molecule has 138 valence electrons. The number of amides is 1. The van der Waals surface area contributed by atoms with E-state index >= 15 is 0 Å². The molecule has 1 heterocycles. The zero-order valence-corrected chi connectivity index (χ0v) is 17.3. The number of ether oxygens (including phenoxy) is 1. The van der Waals surface area contributed by atoms with Crippen LogP contribution in [-0.2, 0) is 14.9 Å². The SMILES string of the molecule is CC(C)c1cccc(N(C)C(=O)C2(c3ccc(Br)cc3)CCOCC2)c1. The number of hydrogen-bond acceptors (Lipinski definition) is 2. The van der Waals surface area contributed by atoms with Gasteiger partial charge in [-0.1, -0.05) is 54.0 Å². The van der Waals surface area contributed by atoms with Crippen molar-refractivity contribution in [3.63, 3.8) is 0 Å². The fourth-order valence-electron chi connectivity index (χ4n) is 3.65. The maximum atomic E-state index is 13.6. The Labute approximate surface area is 164 Å². The highest BCUT2D eigenvalue weighted by Crippen LogP contribution is 2.38. The van der Waals surface area contributed by atoms with Crippen LogP contribution in [0.5, 0.6) is 0 Å². The van der Waals surface area contributed by atoms with E-state index in [1.165, 1.54) is 5.56 Å². The van der Waals surface area contributed by atoms with Gasteiger partial charge in [-0.25, -0.2) is 0 Å². The molecule has 0 bridgehead atoms. The van der Waals surface area contributed by atoms with Crippen molar-refractivity contribution in [1.82, 2.24) is 0 Å². The van der Waals surface area contributed by atoms with Crippen molar-refractivity contribution in [2.75, 3.05) is 25.2 Å². The van der Waals surface area contributed by atoms with Gasteiger partial charge < -0.3 is 9.64 Å². The van der Waals surface area contributed by atoms with Gasteiger partial charge in [-0.15, -0.1) is 0 Å². The molecule has 3 rings (SSSR count). The molecule has 0 spiro atoms. The van der Waals surface area contributed by atoms with Gasteiger partial charge in [0.05, 0.1) is 5.41 Å². The van der Waals surface area contributed by atoms with Gasteiger partial charge in [0.15, 0.2) is 0 Å². The summed E-state index contributed by atoms with van der Waals surface area (Å²) in [5, 5.41) is 0. The molecule has 1 saturated heterocycles. The zero-order valence-electron chi connectivity index (χ0n) is 15.7. The first kappa shape index (κ1) is 19.1. The Hall–Kier alpha value is -1.65. The molecule has 26 heavy (non-hydrogen) atoms. The lowest BCUT2D eigenvalue weighted by atomic mass is 9.73. The maximum absolute atomic E-state index is 13.6. The minimum atomic E-state index is -0.526. The van der Waals surface area contributed by atoms with Crippen LogP contribution in [0.3, 0.4) is 0 Å². The summed E-state index contributed by atoms with van der Waals surface area (Å²) >= 11 is 3.49. The smallest absolute Gasteiger partial charge is 0.237 e. The third-order valence-electron chi connectivity index (χ3n) is 5.38. The molecule has 0 aromatic heterocycles. The fraction of sp³-hybridized carbons (Fsp3) is 0.409. The van der Waals surface area contributed by atoms with E-state index in [0.717, 1.165) is 15.7 Å². The number of anilines is 1. The molecule has 3 nitrogen and oxygen atoms in total. The van der Waals surface area contributed by atoms with Gasteiger partial charge in [0.25, 0.3) is 0 Å². The Morgan fingerprint density at radius 1 is 1.12 bits per heavy atom. The first-order chi connectivity index (χ1) is 12.4. The molecule has 1 aliphatic heterocycles. The molecular formula is C22H26BrNO2. The van der Waals surface area contributed by atoms with Gasteiger partial charge in [0.1, 0.15) is 0 Å². The number of rotatable bonds is 4. The number of halogens is 1. The second kappa shape index (κ2) is 7.93. The molecule has 2 aromatic carbocycles. The predicted octanol–water partition coefficient (Wildman–Crippen LogP) is 5.28. The van der Waals surface area contributed by atoms with E-state index in [0.29, 0.717) is 32.0 Å². The Morgan fingerprint density at radius 3 is 2.38 bits per heavy atom. The summed E-state index contributed by atoms with van der Waals surface area (Å²) in [6, 6.07) is 16.4. The lowest BCUT2D eigenvalue weighted by Crippen LogP contribution is -2.48. The van der Waals surface area contributed by atoms with Gasteiger partial charge in [-0.05, 0) is 54.2 Å². The van der Waals surface area contributed by atoms with Crippen molar-refractivity contribution in [2.45, 2.75) is 38.0 Å². The van der Waals surface area contributed by atoms with Crippen LogP contribution in [0, 0.1) is 0 Å². The fourth-order valence-corrected chi connectivity index (χ4v) is 3.91. The molecule has 4 heteroatoms. The lowest BCUT2D eigenvalue weighted by molar-refractivity contribution is -0.127. The normalized spacial score (nSPS) is 16.5. The van der Waals surface area contributed by atoms with Crippen molar-refractivity contribution < 1.29 is 9.53 Å². The van der Waals surface area contributed by atoms with E-state index in [1.807, 2.05) is 36.2 Å². The number of nitrogens with zero attached hydrogens (tertiary/aromatic N) is 1. The first-order valence-corrected chi connectivity index (χ1v) is 9.95. The van der Waals surface area contributed by atoms with Crippen LogP contribution >= 0.6 is 15.9 Å². The zero-order chi connectivity index (χ0) is 18.7. The van der Waals surface area contributed by atoms with E-state index in [-0.39, 0.29) is 5.91 Å². The molecule has 1 amide bonds. The summed E-state index contributed by atoms with van der Waals surface area (Å²) in [6.07, 6.45) is 1.42. The molecule has 0 atom stereocenters. The van der Waals surface area contributed by atoms with Crippen LogP contribution in [-0.4, -0.2) is 26.2 Å². The van der Waals surface area contributed by atoms with Crippen molar-refractivity contribution in [1.29, 1.82) is 0 Å². The first-order valence-electron chi connectivity index (χ1n) is 9.16. The second-order valence-corrected chi connectivity index (χ2v) is 8.23. The summed E-state index contributed by atoms with van der Waals surface area (Å²) in [5.74, 6) is 0.575. The molecule has 0 saturated carbocycles. The minimum absolute atomic E-state index is 0.143. The average Bonchev–Trinajstić information content (AvgIpc) is 2.68. The van der Waals surface area contributed by atoms with E-state index < -0.39 is 5.41 Å². The van der Waals surface area contributed by atoms with Gasteiger partial charge in [-0.3, -0.25) is 4.79 Å². The van der Waals surface area contributed by atoms with Crippen LogP contribution in [0.2, 0.25) is 0 Å². The standard InChI is InChI=1S/C22H26BrNO2/c1-16(2)17-5-4-6-20(15-17)24(3)21(25)22(11-13-26-14-12-22)18-7-9-19(23)10-8-18/h4-10,15-16H,11-14H2,1-3H3. The summed E-state index contributed by atoms with van der Waals surface area (Å²) in [4.78, 5) is 15.5. The Kier molecular flexibility index (Phi) is 5.83. The highest BCUT2D eigenvalue weighted by molar-refractivity contribution is 9.10. The van der Waals surface area contributed by atoms with Crippen molar-refractivity contribution in [3.05, 3.63) is 64.1 Å². The third-order valence-corrected chi connectivity index (χ3v) is 5.91. The van der Waals surface area contributed by atoms with E-state index in [4.69, 9.17) is 4.74 Å². The number of likely N-dealkylation sites (N-methyl/N-ethyl adjacent to an activating group) is 1. The molecular weight excluding hydrogens is 390 g/mol. The molecule has 1 fully saturated rings. The maximum Gasteiger partial charge on any atom is 0.237 e. The van der Waals surface area contributed by atoms with E-state index in [2.05, 4.69) is 54.0 Å². The minimum Gasteiger partial charge on any atom is -0.381 e. The largest absolute Gasteiger partial charge is 0.381 e. The number of carbonyl (C=O) groups is 1. The summed E-state index contributed by atoms with van der Waals surface area (Å²) < 4.78 is 6.60. The predicted molar refractivity (Wildman–Crippen MR) is 110 cm³/mol. The highest BCUT2D eigenvalue weighted by Gasteiger charge is 2.43. The van der Waals surface area contributed by atoms with Crippen molar-refractivity contribution in [2.24, 2.45) is 0 Å². The van der Waals surface area contributed by atoms with Crippen LogP contribution < -0.4 is 4.90 Å². The van der Waals surface area contributed by atoms with Gasteiger partial charge in [0, 0.05) is 30.4 Å². The highest BCUT2D eigenvalue weighted by atomic mass is 79.9. The van der Waals surface area contributed by atoms with E-state index in [9.17, 15) is 4.79 Å². The van der Waals surface area contributed by atoms with Crippen molar-refractivity contribution >= 4 is 27.5 Å². The molecule has 0 unspecified atom stereocenters. The monoisotopic (exact) mass is 415 g/mol. The van der Waals surface area contributed by atoms with Gasteiger partial charge >= 0.3 is 0 Å². The lowest BCUT2D eigenvalue weighted by Gasteiger charge is -2.39. The molecule has 0 radical (unpaired) electrons. The molecule has 0 aliphatic carbocycles. The summed E-state index contributed by atoms with van der Waals surface area (Å²) in [7, 11) is 1.89. The Morgan fingerprint density at radius 2 is 1.77 bits per heavy atom. The third kappa shape index (κ3) is 3.72. The van der Waals surface area contributed by atoms with Gasteiger partial charge in [-0.2, -0.15) is 0 Å². The topological polar surface area (TPSA) is 29.5 Å². The quantitative estimate of drug-likeness (QED) is 0.679. The number of hydrogen-bond donors (Lipinski definition) is 0. The Balaban J connectivity index is 1.97. The van der Waals surface area contributed by atoms with Crippen LogP contribution in [0.25, 0.3) is 0 Å². The molecule has 2 aromatic rings. The van der Waals surface area contributed by atoms with Crippen LogP contribution in [0.15, 0.2) is 53.0 Å². The van der Waals surface area contributed by atoms with E-state index in [1.54, 1.807) is 0 Å². The average molecular weight is 416 g/mol. The molecule has 0 N–H and O–H groups in total. The molecule has 1 aliphatic rings. The second-order valence-electron chi connectivity index (χ2n) is 7.32. The number of benzene rings is 2. The van der Waals surface area contributed by atoms with Crippen LogP contribution in [0.1, 0.15) is 43.7 Å². The number of carbonyl (C=O) groups excluding carboxylic acids is 1. The van der Waals surface area contributed by atoms with Crippen LogP contribution in [0.4, 0.5) is 5.69 Å². The van der Waals surface area contributed by atoms with Gasteiger partial charge in [0.2, 0.25) is 5.91 Å².